The van der Waals surface area contributed by atoms with Crippen molar-refractivity contribution < 1.29 is 14.0 Å². The molecule has 3 heterocycles. The fourth-order valence-corrected chi connectivity index (χ4v) is 5.06. The summed E-state index contributed by atoms with van der Waals surface area (Å²) in [5.74, 6) is -1.42. The summed E-state index contributed by atoms with van der Waals surface area (Å²) in [6.07, 6.45) is 2.66. The van der Waals surface area contributed by atoms with E-state index < -0.39 is 11.7 Å². The van der Waals surface area contributed by atoms with E-state index in [0.29, 0.717) is 37.6 Å². The standard InChI is InChI=1S/C26H31Cl2FN8O2/c1-6-35(7-2)26(39)21-14-37(33-32-21)22-10-20(31-25(38)17-11-30-24(28)8-18(17)27)23(9-19(22)29)36-12-15(3)34(5)16(4)13-36/h8-11,14-16H,6-7,12-13H2,1-5H3,(H,31,38)/t15-,16+. The van der Waals surface area contributed by atoms with Gasteiger partial charge in [-0.1, -0.05) is 28.4 Å². The zero-order chi connectivity index (χ0) is 28.4. The number of rotatable bonds is 7. The van der Waals surface area contributed by atoms with Crippen LogP contribution in [0.25, 0.3) is 5.69 Å². The van der Waals surface area contributed by atoms with Crippen molar-refractivity contribution in [2.75, 3.05) is 43.4 Å². The molecule has 10 nitrogen and oxygen atoms in total. The molecule has 13 heteroatoms. The van der Waals surface area contributed by atoms with Gasteiger partial charge in [0.15, 0.2) is 11.5 Å². The van der Waals surface area contributed by atoms with Crippen LogP contribution in [-0.2, 0) is 0 Å². The van der Waals surface area contributed by atoms with Crippen LogP contribution in [-0.4, -0.2) is 86.9 Å². The van der Waals surface area contributed by atoms with Crippen molar-refractivity contribution in [2.45, 2.75) is 39.8 Å². The second kappa shape index (κ2) is 11.8. The number of carbonyl (C=O) groups is 2. The van der Waals surface area contributed by atoms with E-state index in [1.54, 1.807) is 4.90 Å². The predicted octanol–water partition coefficient (Wildman–Crippen LogP) is 4.37. The summed E-state index contributed by atoms with van der Waals surface area (Å²) in [7, 11) is 2.05. The summed E-state index contributed by atoms with van der Waals surface area (Å²) in [4.78, 5) is 35.8. The van der Waals surface area contributed by atoms with Crippen molar-refractivity contribution in [3.8, 4) is 5.69 Å². The highest BCUT2D eigenvalue weighted by Gasteiger charge is 2.29. The molecule has 208 valence electrons. The first kappa shape index (κ1) is 28.7. The molecule has 2 aromatic heterocycles. The Kier molecular flexibility index (Phi) is 8.73. The van der Waals surface area contributed by atoms with E-state index in [2.05, 4.69) is 46.4 Å². The van der Waals surface area contributed by atoms with Crippen molar-refractivity contribution >= 4 is 46.4 Å². The van der Waals surface area contributed by atoms with Crippen molar-refractivity contribution in [2.24, 2.45) is 0 Å². The van der Waals surface area contributed by atoms with Gasteiger partial charge in [-0.15, -0.1) is 5.10 Å². The number of halogens is 3. The fraction of sp³-hybridized carbons (Fsp3) is 0.423. The Morgan fingerprint density at radius 3 is 2.38 bits per heavy atom. The van der Waals surface area contributed by atoms with Crippen LogP contribution >= 0.6 is 23.2 Å². The third-order valence-electron chi connectivity index (χ3n) is 7.09. The Morgan fingerprint density at radius 1 is 1.10 bits per heavy atom. The molecular formula is C26H31Cl2FN8O2. The van der Waals surface area contributed by atoms with Crippen LogP contribution in [0.3, 0.4) is 0 Å². The SMILES string of the molecule is CCN(CC)C(=O)c1cn(-c2cc(NC(=O)c3cnc(Cl)cc3Cl)c(N3C[C@@H](C)N(C)[C@@H](C)C3)cc2F)nn1. The molecule has 0 aliphatic carbocycles. The van der Waals surface area contributed by atoms with Crippen molar-refractivity contribution in [3.63, 3.8) is 0 Å². The van der Waals surface area contributed by atoms with Crippen LogP contribution in [0.1, 0.15) is 48.5 Å². The Bertz CT molecular complexity index is 1370. The van der Waals surface area contributed by atoms with E-state index in [4.69, 9.17) is 23.2 Å². The second-order valence-electron chi connectivity index (χ2n) is 9.56. The maximum absolute atomic E-state index is 15.6. The molecule has 1 saturated heterocycles. The highest BCUT2D eigenvalue weighted by atomic mass is 35.5. The Labute approximate surface area is 236 Å². The van der Waals surface area contributed by atoms with E-state index in [0.717, 1.165) is 0 Å². The lowest BCUT2D eigenvalue weighted by Gasteiger charge is -2.44. The molecule has 1 N–H and O–H groups in total. The number of hydrogen-bond donors (Lipinski definition) is 1. The lowest BCUT2D eigenvalue weighted by Crippen LogP contribution is -2.55. The molecule has 4 rings (SSSR count). The minimum atomic E-state index is -0.583. The number of likely N-dealkylation sites (N-methyl/N-ethyl adjacent to an activating group) is 1. The lowest BCUT2D eigenvalue weighted by molar-refractivity contribution is 0.0766. The summed E-state index contributed by atoms with van der Waals surface area (Å²) in [5.41, 5.74) is 1.09. The third-order valence-corrected chi connectivity index (χ3v) is 7.61. The summed E-state index contributed by atoms with van der Waals surface area (Å²) >= 11 is 12.1. The van der Waals surface area contributed by atoms with Crippen molar-refractivity contribution in [1.29, 1.82) is 0 Å². The summed E-state index contributed by atoms with van der Waals surface area (Å²) < 4.78 is 16.8. The quantitative estimate of drug-likeness (QED) is 0.417. The van der Waals surface area contributed by atoms with E-state index in [1.807, 2.05) is 18.7 Å². The maximum Gasteiger partial charge on any atom is 0.276 e. The summed E-state index contributed by atoms with van der Waals surface area (Å²) in [6.45, 7) is 10.2. The summed E-state index contributed by atoms with van der Waals surface area (Å²) in [5, 5.41) is 11.1. The number of nitrogens with zero attached hydrogens (tertiary/aromatic N) is 7. The Balaban J connectivity index is 1.76. The molecule has 0 saturated carbocycles. The van der Waals surface area contributed by atoms with Gasteiger partial charge < -0.3 is 15.1 Å². The highest BCUT2D eigenvalue weighted by Crippen LogP contribution is 2.34. The molecule has 1 aliphatic rings. The average molecular weight is 577 g/mol. The number of anilines is 2. The van der Waals surface area contributed by atoms with Crippen LogP contribution in [0.2, 0.25) is 10.2 Å². The molecule has 39 heavy (non-hydrogen) atoms. The number of nitrogens with one attached hydrogen (secondary N) is 1. The van der Waals surface area contributed by atoms with Gasteiger partial charge in [0, 0.05) is 50.5 Å². The topological polar surface area (TPSA) is 99.5 Å². The van der Waals surface area contributed by atoms with E-state index in [1.165, 1.54) is 35.3 Å². The minimum Gasteiger partial charge on any atom is -0.367 e. The van der Waals surface area contributed by atoms with Crippen LogP contribution in [0.5, 0.6) is 0 Å². The van der Waals surface area contributed by atoms with Gasteiger partial charge in [0.05, 0.1) is 28.2 Å². The van der Waals surface area contributed by atoms with Gasteiger partial charge in [0.1, 0.15) is 10.8 Å². The van der Waals surface area contributed by atoms with Gasteiger partial charge in [0.2, 0.25) is 0 Å². The van der Waals surface area contributed by atoms with Crippen LogP contribution in [0.4, 0.5) is 15.8 Å². The number of carbonyl (C=O) groups excluding carboxylic acids is 2. The number of piperazine rings is 1. The van der Waals surface area contributed by atoms with E-state index >= 15 is 4.39 Å². The van der Waals surface area contributed by atoms with E-state index in [9.17, 15) is 9.59 Å². The van der Waals surface area contributed by atoms with E-state index in [-0.39, 0.29) is 45.1 Å². The molecule has 2 amide bonds. The normalized spacial score (nSPS) is 17.8. The molecule has 0 unspecified atom stereocenters. The van der Waals surface area contributed by atoms with Gasteiger partial charge in [0.25, 0.3) is 11.8 Å². The number of pyridine rings is 1. The first-order chi connectivity index (χ1) is 18.5. The predicted molar refractivity (Wildman–Crippen MR) is 150 cm³/mol. The largest absolute Gasteiger partial charge is 0.367 e. The van der Waals surface area contributed by atoms with Gasteiger partial charge in [-0.05, 0) is 46.9 Å². The van der Waals surface area contributed by atoms with Gasteiger partial charge >= 0.3 is 0 Å². The van der Waals surface area contributed by atoms with Crippen molar-refractivity contribution in [3.05, 3.63) is 57.8 Å². The van der Waals surface area contributed by atoms with Crippen molar-refractivity contribution in [1.82, 2.24) is 29.8 Å². The minimum absolute atomic E-state index is 0.0238. The monoisotopic (exact) mass is 576 g/mol. The van der Waals surface area contributed by atoms with Gasteiger partial charge in [-0.3, -0.25) is 14.5 Å². The van der Waals surface area contributed by atoms with Crippen LogP contribution in [0, 0.1) is 5.82 Å². The first-order valence-electron chi connectivity index (χ1n) is 12.7. The number of aromatic nitrogens is 4. The maximum atomic E-state index is 15.6. The van der Waals surface area contributed by atoms with Crippen LogP contribution < -0.4 is 10.2 Å². The summed E-state index contributed by atoms with van der Waals surface area (Å²) in [6, 6.07) is 4.61. The molecule has 1 fully saturated rings. The smallest absolute Gasteiger partial charge is 0.276 e. The zero-order valence-electron chi connectivity index (χ0n) is 22.5. The number of amides is 2. The molecule has 0 radical (unpaired) electrons. The highest BCUT2D eigenvalue weighted by molar-refractivity contribution is 6.36. The molecule has 0 bridgehead atoms. The molecule has 0 spiro atoms. The molecule has 1 aromatic carbocycles. The Morgan fingerprint density at radius 2 is 1.77 bits per heavy atom. The average Bonchev–Trinajstić information content (AvgIpc) is 3.38. The lowest BCUT2D eigenvalue weighted by atomic mass is 10.1. The number of hydrogen-bond acceptors (Lipinski definition) is 7. The van der Waals surface area contributed by atoms with Gasteiger partial charge in [-0.25, -0.2) is 14.1 Å². The molecule has 3 aromatic rings. The first-order valence-corrected chi connectivity index (χ1v) is 13.4. The van der Waals surface area contributed by atoms with Crippen LogP contribution in [0.15, 0.2) is 30.6 Å². The second-order valence-corrected chi connectivity index (χ2v) is 10.4. The van der Waals surface area contributed by atoms with Gasteiger partial charge in [-0.2, -0.15) is 0 Å². The Hall–Kier alpha value is -3.28. The molecule has 2 atom stereocenters. The number of benzene rings is 1. The molecular weight excluding hydrogens is 546 g/mol. The molecule has 1 aliphatic heterocycles. The third kappa shape index (κ3) is 6.00. The fourth-order valence-electron chi connectivity index (χ4n) is 4.61. The zero-order valence-corrected chi connectivity index (χ0v) is 24.0.